The van der Waals surface area contributed by atoms with E-state index in [1.165, 1.54) is 6.20 Å². The summed E-state index contributed by atoms with van der Waals surface area (Å²) in [7, 11) is 0. The highest BCUT2D eigenvalue weighted by Crippen LogP contribution is 2.17. The van der Waals surface area contributed by atoms with Gasteiger partial charge in [0.25, 0.3) is 5.91 Å². The van der Waals surface area contributed by atoms with E-state index < -0.39 is 23.8 Å². The summed E-state index contributed by atoms with van der Waals surface area (Å²) in [6.07, 6.45) is 1.56. The minimum absolute atomic E-state index is 0.0499. The smallest absolute Gasteiger partial charge is 0.326 e. The highest BCUT2D eigenvalue weighted by Gasteiger charge is 2.27. The summed E-state index contributed by atoms with van der Waals surface area (Å²) < 4.78 is 0. The average molecular weight is 297 g/mol. The molecule has 2 atom stereocenters. The SMILES string of the molecule is C[C@@H](CC#N)[C@H](NC(=O)c1ccnc2ccccc12)C(=O)O. The number of nitrogens with one attached hydrogen (secondary N) is 1. The van der Waals surface area contributed by atoms with Crippen LogP contribution in [0, 0.1) is 17.2 Å². The number of aromatic nitrogens is 1. The van der Waals surface area contributed by atoms with Crippen molar-refractivity contribution in [2.45, 2.75) is 19.4 Å². The molecule has 1 amide bonds. The van der Waals surface area contributed by atoms with Crippen molar-refractivity contribution in [2.24, 2.45) is 5.92 Å². The number of hydrogen-bond acceptors (Lipinski definition) is 4. The summed E-state index contributed by atoms with van der Waals surface area (Å²) in [5.74, 6) is -2.13. The maximum atomic E-state index is 12.4. The van der Waals surface area contributed by atoms with Crippen LogP contribution in [-0.4, -0.2) is 28.0 Å². The van der Waals surface area contributed by atoms with E-state index in [1.54, 1.807) is 31.2 Å². The topological polar surface area (TPSA) is 103 Å². The van der Waals surface area contributed by atoms with Gasteiger partial charge in [0.05, 0.1) is 17.1 Å². The minimum Gasteiger partial charge on any atom is -0.480 e. The molecule has 0 saturated carbocycles. The van der Waals surface area contributed by atoms with Crippen LogP contribution in [0.3, 0.4) is 0 Å². The van der Waals surface area contributed by atoms with Crippen molar-refractivity contribution in [3.05, 3.63) is 42.1 Å². The molecule has 2 N–H and O–H groups in total. The largest absolute Gasteiger partial charge is 0.480 e. The number of carboxylic acid groups (broad SMARTS) is 1. The predicted molar refractivity (Wildman–Crippen MR) is 80.0 cm³/mol. The summed E-state index contributed by atoms with van der Waals surface area (Å²) in [6.45, 7) is 1.62. The van der Waals surface area contributed by atoms with Gasteiger partial charge >= 0.3 is 5.97 Å². The third kappa shape index (κ3) is 3.20. The molecule has 6 nitrogen and oxygen atoms in total. The van der Waals surface area contributed by atoms with Gasteiger partial charge < -0.3 is 10.4 Å². The first-order valence-electron chi connectivity index (χ1n) is 6.79. The fraction of sp³-hybridized carbons (Fsp3) is 0.250. The lowest BCUT2D eigenvalue weighted by Crippen LogP contribution is -2.45. The Morgan fingerprint density at radius 1 is 1.36 bits per heavy atom. The van der Waals surface area contributed by atoms with Crippen molar-refractivity contribution < 1.29 is 14.7 Å². The molecule has 0 aliphatic rings. The average Bonchev–Trinajstić information content (AvgIpc) is 2.51. The lowest BCUT2D eigenvalue weighted by atomic mass is 9.98. The van der Waals surface area contributed by atoms with Gasteiger partial charge in [-0.1, -0.05) is 25.1 Å². The Morgan fingerprint density at radius 2 is 2.09 bits per heavy atom. The zero-order valence-corrected chi connectivity index (χ0v) is 12.0. The summed E-state index contributed by atoms with van der Waals surface area (Å²) in [5.41, 5.74) is 1.02. The van der Waals surface area contributed by atoms with E-state index in [0.717, 1.165) is 0 Å². The second-order valence-electron chi connectivity index (χ2n) is 5.00. The number of aliphatic carboxylic acids is 1. The summed E-state index contributed by atoms with van der Waals surface area (Å²) in [4.78, 5) is 27.9. The van der Waals surface area contributed by atoms with Gasteiger partial charge in [-0.25, -0.2) is 4.79 Å². The first kappa shape index (κ1) is 15.4. The maximum Gasteiger partial charge on any atom is 0.326 e. The zero-order chi connectivity index (χ0) is 16.1. The fourth-order valence-corrected chi connectivity index (χ4v) is 2.22. The van der Waals surface area contributed by atoms with Gasteiger partial charge in [0.15, 0.2) is 0 Å². The second-order valence-corrected chi connectivity index (χ2v) is 5.00. The predicted octanol–water partition coefficient (Wildman–Crippen LogP) is 1.97. The molecule has 1 aromatic heterocycles. The number of pyridine rings is 1. The standard InChI is InChI=1S/C16H15N3O3/c1-10(6-8-17)14(16(21)22)19-15(20)12-7-9-18-13-5-3-2-4-11(12)13/h2-5,7,9-10,14H,6H2,1H3,(H,19,20)(H,21,22)/t10-,14-/m0/s1. The normalized spacial score (nSPS) is 13.1. The number of carbonyl (C=O) groups is 2. The number of nitriles is 1. The molecule has 2 aromatic rings. The number of para-hydroxylation sites is 1. The van der Waals surface area contributed by atoms with E-state index in [1.807, 2.05) is 12.1 Å². The number of carbonyl (C=O) groups excluding carboxylic acids is 1. The molecule has 2 rings (SSSR count). The Balaban J connectivity index is 2.30. The first-order chi connectivity index (χ1) is 10.5. The lowest BCUT2D eigenvalue weighted by molar-refractivity contribution is -0.140. The van der Waals surface area contributed by atoms with Crippen LogP contribution in [0.15, 0.2) is 36.5 Å². The lowest BCUT2D eigenvalue weighted by Gasteiger charge is -2.19. The summed E-state index contributed by atoms with van der Waals surface area (Å²) in [5, 5.41) is 21.1. The molecule has 1 heterocycles. The summed E-state index contributed by atoms with van der Waals surface area (Å²) in [6, 6.07) is 9.49. The number of fused-ring (bicyclic) bond motifs is 1. The van der Waals surface area contributed by atoms with E-state index in [4.69, 9.17) is 5.26 Å². The van der Waals surface area contributed by atoms with Gasteiger partial charge in [0.1, 0.15) is 6.04 Å². The van der Waals surface area contributed by atoms with Crippen molar-refractivity contribution in [3.63, 3.8) is 0 Å². The minimum atomic E-state index is -1.16. The van der Waals surface area contributed by atoms with Crippen LogP contribution in [0.5, 0.6) is 0 Å². The molecular weight excluding hydrogens is 282 g/mol. The Morgan fingerprint density at radius 3 is 2.77 bits per heavy atom. The van der Waals surface area contributed by atoms with Gasteiger partial charge in [0, 0.05) is 23.9 Å². The summed E-state index contributed by atoms with van der Waals surface area (Å²) >= 11 is 0. The molecule has 0 unspecified atom stereocenters. The number of rotatable bonds is 5. The highest BCUT2D eigenvalue weighted by atomic mass is 16.4. The van der Waals surface area contributed by atoms with Crippen molar-refractivity contribution in [3.8, 4) is 6.07 Å². The van der Waals surface area contributed by atoms with Crippen LogP contribution in [0.1, 0.15) is 23.7 Å². The molecule has 0 fully saturated rings. The number of nitrogens with zero attached hydrogens (tertiary/aromatic N) is 2. The van der Waals surface area contributed by atoms with Crippen LogP contribution in [0.2, 0.25) is 0 Å². The Kier molecular flexibility index (Phi) is 4.69. The fourth-order valence-electron chi connectivity index (χ4n) is 2.22. The monoisotopic (exact) mass is 297 g/mol. The molecule has 0 saturated heterocycles. The van der Waals surface area contributed by atoms with Crippen molar-refractivity contribution in [1.29, 1.82) is 5.26 Å². The molecule has 0 aliphatic heterocycles. The van der Waals surface area contributed by atoms with Crippen molar-refractivity contribution in [2.75, 3.05) is 0 Å². The quantitative estimate of drug-likeness (QED) is 0.878. The Labute approximate surface area is 127 Å². The Bertz CT molecular complexity index is 746. The van der Waals surface area contributed by atoms with Crippen LogP contribution < -0.4 is 5.32 Å². The van der Waals surface area contributed by atoms with E-state index in [-0.39, 0.29) is 6.42 Å². The van der Waals surface area contributed by atoms with Crippen molar-refractivity contribution in [1.82, 2.24) is 10.3 Å². The van der Waals surface area contributed by atoms with Gasteiger partial charge in [-0.3, -0.25) is 9.78 Å². The zero-order valence-electron chi connectivity index (χ0n) is 12.0. The molecule has 0 aliphatic carbocycles. The molecular formula is C16H15N3O3. The first-order valence-corrected chi connectivity index (χ1v) is 6.79. The van der Waals surface area contributed by atoms with E-state index in [0.29, 0.717) is 16.5 Å². The number of benzene rings is 1. The van der Waals surface area contributed by atoms with Gasteiger partial charge in [-0.05, 0) is 12.1 Å². The molecule has 0 bridgehead atoms. The van der Waals surface area contributed by atoms with Gasteiger partial charge in [-0.15, -0.1) is 0 Å². The van der Waals surface area contributed by atoms with Crippen LogP contribution in [0.25, 0.3) is 10.9 Å². The van der Waals surface area contributed by atoms with E-state index >= 15 is 0 Å². The van der Waals surface area contributed by atoms with Crippen LogP contribution >= 0.6 is 0 Å². The molecule has 6 heteroatoms. The van der Waals surface area contributed by atoms with Crippen LogP contribution in [0.4, 0.5) is 0 Å². The highest BCUT2D eigenvalue weighted by molar-refractivity contribution is 6.06. The number of carboxylic acids is 1. The van der Waals surface area contributed by atoms with Crippen molar-refractivity contribution >= 4 is 22.8 Å². The molecule has 0 radical (unpaired) electrons. The second kappa shape index (κ2) is 6.68. The van der Waals surface area contributed by atoms with Gasteiger partial charge in [-0.2, -0.15) is 5.26 Å². The Hall–Kier alpha value is -2.94. The molecule has 1 aromatic carbocycles. The third-order valence-corrected chi connectivity index (χ3v) is 3.43. The molecule has 0 spiro atoms. The maximum absolute atomic E-state index is 12.4. The van der Waals surface area contributed by atoms with E-state index in [2.05, 4.69) is 10.3 Å². The molecule has 22 heavy (non-hydrogen) atoms. The van der Waals surface area contributed by atoms with Crippen LogP contribution in [-0.2, 0) is 4.79 Å². The van der Waals surface area contributed by atoms with Gasteiger partial charge in [0.2, 0.25) is 0 Å². The van der Waals surface area contributed by atoms with E-state index in [9.17, 15) is 14.7 Å². The third-order valence-electron chi connectivity index (χ3n) is 3.43. The number of hydrogen-bond donors (Lipinski definition) is 2. The molecule has 112 valence electrons. The number of amides is 1.